The van der Waals surface area contributed by atoms with Gasteiger partial charge in [-0.2, -0.15) is 18.3 Å². The maximum absolute atomic E-state index is 12.5. The molecule has 4 nitrogen and oxygen atoms in total. The summed E-state index contributed by atoms with van der Waals surface area (Å²) in [5.41, 5.74) is 1.13. The highest BCUT2D eigenvalue weighted by Gasteiger charge is 2.35. The minimum atomic E-state index is -4.53. The summed E-state index contributed by atoms with van der Waals surface area (Å²) in [4.78, 5) is 6.95. The van der Waals surface area contributed by atoms with E-state index in [1.807, 2.05) is 0 Å². The molecule has 0 spiro atoms. The first-order valence-electron chi connectivity index (χ1n) is 4.56. The number of hydrogen-bond acceptors (Lipinski definition) is 3. The normalized spacial score (nSPS) is 12.4. The highest BCUT2D eigenvalue weighted by atomic mass is 19.4. The van der Waals surface area contributed by atoms with E-state index in [4.69, 9.17) is 0 Å². The number of alkyl halides is 3. The summed E-state index contributed by atoms with van der Waals surface area (Å²) in [5, 5.41) is 4.60. The van der Waals surface area contributed by atoms with Crippen LogP contribution in [0.4, 0.5) is 13.2 Å². The Labute approximate surface area is 89.1 Å². The number of aryl methyl sites for hydroxylation is 3. The van der Waals surface area contributed by atoms with Gasteiger partial charge in [0.25, 0.3) is 0 Å². The van der Waals surface area contributed by atoms with Crippen molar-refractivity contribution in [2.75, 3.05) is 0 Å². The van der Waals surface area contributed by atoms with Crippen LogP contribution in [0.15, 0.2) is 0 Å². The zero-order valence-electron chi connectivity index (χ0n) is 8.92. The lowest BCUT2D eigenvalue weighted by Gasteiger charge is -2.06. The summed E-state index contributed by atoms with van der Waals surface area (Å²) in [6, 6.07) is 0. The summed E-state index contributed by atoms with van der Waals surface area (Å²) in [6.45, 7) is 3.24. The number of fused-ring (bicyclic) bond motifs is 1. The van der Waals surface area contributed by atoms with Crippen LogP contribution in [-0.2, 0) is 13.2 Å². The second kappa shape index (κ2) is 3.16. The quantitative estimate of drug-likeness (QED) is 0.695. The van der Waals surface area contributed by atoms with Crippen molar-refractivity contribution >= 4 is 11.0 Å². The van der Waals surface area contributed by atoms with Crippen LogP contribution in [0.3, 0.4) is 0 Å². The van der Waals surface area contributed by atoms with E-state index in [-0.39, 0.29) is 5.65 Å². The molecule has 0 aliphatic carbocycles. The Bertz CT molecular complexity index is 556. The van der Waals surface area contributed by atoms with Crippen molar-refractivity contribution in [3.63, 3.8) is 0 Å². The van der Waals surface area contributed by atoms with Crippen LogP contribution in [0.2, 0.25) is 0 Å². The molecule has 0 N–H and O–H groups in total. The third kappa shape index (κ3) is 1.52. The lowest BCUT2D eigenvalue weighted by atomic mass is 10.2. The predicted molar refractivity (Wildman–Crippen MR) is 50.8 cm³/mol. The van der Waals surface area contributed by atoms with Gasteiger partial charge in [0.15, 0.2) is 5.65 Å². The molecular weight excluding hydrogens is 221 g/mol. The molecule has 86 valence electrons. The maximum Gasteiger partial charge on any atom is 0.451 e. The number of hydrogen-bond donors (Lipinski definition) is 0. The second-order valence-corrected chi connectivity index (χ2v) is 3.54. The standard InChI is InChI=1S/C9H9F3N4/c1-4-6-5(2)15-16(3)7(6)14-8(13-4)9(10,11)12/h1-3H3. The average molecular weight is 230 g/mol. The third-order valence-corrected chi connectivity index (χ3v) is 2.29. The van der Waals surface area contributed by atoms with E-state index in [0.29, 0.717) is 16.8 Å². The van der Waals surface area contributed by atoms with Crippen LogP contribution >= 0.6 is 0 Å². The predicted octanol–water partition coefficient (Wildman–Crippen LogP) is 2.00. The van der Waals surface area contributed by atoms with Gasteiger partial charge in [-0.05, 0) is 13.8 Å². The van der Waals surface area contributed by atoms with Gasteiger partial charge in [-0.3, -0.25) is 4.68 Å². The molecule has 2 heterocycles. The lowest BCUT2D eigenvalue weighted by Crippen LogP contribution is -2.12. The van der Waals surface area contributed by atoms with Gasteiger partial charge in [0, 0.05) is 7.05 Å². The van der Waals surface area contributed by atoms with Crippen molar-refractivity contribution < 1.29 is 13.2 Å². The molecule has 0 aliphatic heterocycles. The maximum atomic E-state index is 12.5. The molecule has 0 atom stereocenters. The second-order valence-electron chi connectivity index (χ2n) is 3.54. The summed E-state index contributed by atoms with van der Waals surface area (Å²) in [6.07, 6.45) is -4.53. The molecular formula is C9H9F3N4. The van der Waals surface area contributed by atoms with Gasteiger partial charge in [0.05, 0.1) is 16.8 Å². The molecule has 0 amide bonds. The third-order valence-electron chi connectivity index (χ3n) is 2.29. The van der Waals surface area contributed by atoms with Gasteiger partial charge >= 0.3 is 6.18 Å². The fourth-order valence-electron chi connectivity index (χ4n) is 1.66. The number of rotatable bonds is 0. The fourth-order valence-corrected chi connectivity index (χ4v) is 1.66. The topological polar surface area (TPSA) is 43.6 Å². The van der Waals surface area contributed by atoms with Crippen molar-refractivity contribution in [1.82, 2.24) is 19.7 Å². The average Bonchev–Trinajstić information content (AvgIpc) is 2.41. The molecule has 0 saturated carbocycles. The van der Waals surface area contributed by atoms with Crippen molar-refractivity contribution in [2.45, 2.75) is 20.0 Å². The minimum Gasteiger partial charge on any atom is -0.250 e. The monoisotopic (exact) mass is 230 g/mol. The van der Waals surface area contributed by atoms with Gasteiger partial charge in [-0.25, -0.2) is 9.97 Å². The lowest BCUT2D eigenvalue weighted by molar-refractivity contribution is -0.144. The SMILES string of the molecule is Cc1nc(C(F)(F)F)nc2c1c(C)nn2C. The molecule has 0 aromatic carbocycles. The van der Waals surface area contributed by atoms with Crippen molar-refractivity contribution in [3.05, 3.63) is 17.2 Å². The Morgan fingerprint density at radius 2 is 1.69 bits per heavy atom. The van der Waals surface area contributed by atoms with Crippen molar-refractivity contribution in [2.24, 2.45) is 7.05 Å². The smallest absolute Gasteiger partial charge is 0.250 e. The van der Waals surface area contributed by atoms with Crippen LogP contribution in [0.1, 0.15) is 17.2 Å². The van der Waals surface area contributed by atoms with E-state index in [0.717, 1.165) is 0 Å². The molecule has 2 aromatic heterocycles. The zero-order valence-corrected chi connectivity index (χ0v) is 8.92. The Kier molecular flexibility index (Phi) is 2.14. The molecule has 0 bridgehead atoms. The van der Waals surface area contributed by atoms with E-state index < -0.39 is 12.0 Å². The van der Waals surface area contributed by atoms with Crippen LogP contribution in [0.25, 0.3) is 11.0 Å². The van der Waals surface area contributed by atoms with Crippen LogP contribution in [0, 0.1) is 13.8 Å². The molecule has 0 aliphatic rings. The van der Waals surface area contributed by atoms with Gasteiger partial charge < -0.3 is 0 Å². The van der Waals surface area contributed by atoms with Crippen LogP contribution < -0.4 is 0 Å². The van der Waals surface area contributed by atoms with Crippen LogP contribution in [-0.4, -0.2) is 19.7 Å². The molecule has 2 aromatic rings. The molecule has 0 radical (unpaired) electrons. The van der Waals surface area contributed by atoms with Crippen molar-refractivity contribution in [1.29, 1.82) is 0 Å². The molecule has 7 heteroatoms. The van der Waals surface area contributed by atoms with E-state index in [2.05, 4.69) is 15.1 Å². The van der Waals surface area contributed by atoms with Gasteiger partial charge in [-0.15, -0.1) is 0 Å². The zero-order chi connectivity index (χ0) is 12.1. The first-order chi connectivity index (χ1) is 7.30. The molecule has 2 rings (SSSR count). The minimum absolute atomic E-state index is 0.206. The Hall–Kier alpha value is -1.66. The number of halogens is 3. The van der Waals surface area contributed by atoms with Crippen molar-refractivity contribution in [3.8, 4) is 0 Å². The largest absolute Gasteiger partial charge is 0.451 e. The summed E-state index contributed by atoms with van der Waals surface area (Å²) in [5.74, 6) is -1.12. The Balaban J connectivity index is 2.82. The molecule has 0 fully saturated rings. The van der Waals surface area contributed by atoms with Gasteiger partial charge in [0.2, 0.25) is 5.82 Å². The van der Waals surface area contributed by atoms with E-state index in [1.54, 1.807) is 14.0 Å². The highest BCUT2D eigenvalue weighted by molar-refractivity contribution is 5.80. The van der Waals surface area contributed by atoms with Gasteiger partial charge in [0.1, 0.15) is 0 Å². The van der Waals surface area contributed by atoms with Crippen LogP contribution in [0.5, 0.6) is 0 Å². The van der Waals surface area contributed by atoms with Gasteiger partial charge in [-0.1, -0.05) is 0 Å². The highest BCUT2D eigenvalue weighted by Crippen LogP contribution is 2.28. The first kappa shape index (κ1) is 10.8. The molecule has 0 unspecified atom stereocenters. The van der Waals surface area contributed by atoms with E-state index >= 15 is 0 Å². The summed E-state index contributed by atoms with van der Waals surface area (Å²) < 4.78 is 38.8. The summed E-state index contributed by atoms with van der Waals surface area (Å²) >= 11 is 0. The molecule has 0 saturated heterocycles. The first-order valence-corrected chi connectivity index (χ1v) is 4.56. The summed E-state index contributed by atoms with van der Waals surface area (Å²) in [7, 11) is 1.56. The Morgan fingerprint density at radius 3 is 2.25 bits per heavy atom. The van der Waals surface area contributed by atoms with E-state index in [9.17, 15) is 13.2 Å². The molecule has 16 heavy (non-hydrogen) atoms. The number of nitrogens with zero attached hydrogens (tertiary/aromatic N) is 4. The fraction of sp³-hybridized carbons (Fsp3) is 0.444. The van der Waals surface area contributed by atoms with E-state index in [1.165, 1.54) is 11.6 Å². The Morgan fingerprint density at radius 1 is 1.06 bits per heavy atom. The number of aromatic nitrogens is 4.